The molecule has 0 rings (SSSR count). The summed E-state index contributed by atoms with van der Waals surface area (Å²) in [5.74, 6) is -0.989. The van der Waals surface area contributed by atoms with Crippen LogP contribution < -0.4 is 0 Å². The van der Waals surface area contributed by atoms with Crippen molar-refractivity contribution >= 4 is 17.9 Å². The van der Waals surface area contributed by atoms with Crippen LogP contribution in [-0.2, 0) is 28.6 Å². The molecule has 0 spiro atoms. The zero-order chi connectivity index (χ0) is 55.7. The number of rotatable bonds is 53. The summed E-state index contributed by atoms with van der Waals surface area (Å²) in [7, 11) is 0. The second-order valence-corrected chi connectivity index (χ2v) is 19.5. The third-order valence-electron chi connectivity index (χ3n) is 12.2. The zero-order valence-corrected chi connectivity index (χ0v) is 49.1. The molecule has 430 valence electrons. The highest BCUT2D eigenvalue weighted by atomic mass is 16.6. The van der Waals surface area contributed by atoms with E-state index in [1.165, 1.54) is 38.5 Å². The first-order valence-electron chi connectivity index (χ1n) is 30.6. The molecule has 0 aliphatic rings. The van der Waals surface area contributed by atoms with Crippen LogP contribution in [0.25, 0.3) is 0 Å². The topological polar surface area (TPSA) is 78.9 Å². The summed E-state index contributed by atoms with van der Waals surface area (Å²) in [6.45, 7) is 6.32. The summed E-state index contributed by atoms with van der Waals surface area (Å²) in [5, 5.41) is 0. The van der Waals surface area contributed by atoms with Crippen LogP contribution in [0.5, 0.6) is 0 Å². The minimum atomic E-state index is -0.815. The van der Waals surface area contributed by atoms with Crippen LogP contribution in [0.4, 0.5) is 0 Å². The number of unbranched alkanes of at least 4 members (excludes halogenated alkanes) is 14. The van der Waals surface area contributed by atoms with E-state index in [9.17, 15) is 14.4 Å². The van der Waals surface area contributed by atoms with Crippen molar-refractivity contribution in [3.05, 3.63) is 170 Å². The Morgan fingerprint density at radius 1 is 0.273 bits per heavy atom. The molecule has 0 bridgehead atoms. The maximum atomic E-state index is 12.8. The van der Waals surface area contributed by atoms with Gasteiger partial charge < -0.3 is 14.2 Å². The average molecular weight is 1060 g/mol. The quantitative estimate of drug-likeness (QED) is 0.0261. The molecular weight excluding hydrogens is 949 g/mol. The van der Waals surface area contributed by atoms with E-state index in [1.54, 1.807) is 0 Å². The van der Waals surface area contributed by atoms with E-state index >= 15 is 0 Å². The highest BCUT2D eigenvalue weighted by Gasteiger charge is 2.19. The number of hydrogen-bond acceptors (Lipinski definition) is 6. The number of allylic oxidation sites excluding steroid dienone is 28. The average Bonchev–Trinajstić information content (AvgIpc) is 3.43. The van der Waals surface area contributed by atoms with Gasteiger partial charge in [-0.1, -0.05) is 255 Å². The van der Waals surface area contributed by atoms with Gasteiger partial charge in [0.15, 0.2) is 6.10 Å². The molecule has 0 aromatic rings. The van der Waals surface area contributed by atoms with Crippen molar-refractivity contribution in [2.24, 2.45) is 0 Å². The Balaban J connectivity index is 4.36. The fourth-order valence-corrected chi connectivity index (χ4v) is 7.69. The molecule has 1 atom stereocenters. The maximum absolute atomic E-state index is 12.8. The Kier molecular flexibility index (Phi) is 59.0. The van der Waals surface area contributed by atoms with Gasteiger partial charge in [0.2, 0.25) is 0 Å². The molecule has 6 heteroatoms. The van der Waals surface area contributed by atoms with E-state index in [0.29, 0.717) is 12.8 Å². The lowest BCUT2D eigenvalue weighted by Crippen LogP contribution is -2.30. The minimum absolute atomic E-state index is 0.108. The van der Waals surface area contributed by atoms with Gasteiger partial charge in [-0.3, -0.25) is 14.4 Å². The number of carbonyl (C=O) groups is 3. The molecule has 0 aromatic heterocycles. The van der Waals surface area contributed by atoms with E-state index in [-0.39, 0.29) is 44.0 Å². The van der Waals surface area contributed by atoms with E-state index in [1.807, 2.05) is 0 Å². The Morgan fingerprint density at radius 3 is 0.818 bits per heavy atom. The summed E-state index contributed by atoms with van der Waals surface area (Å²) in [6.07, 6.45) is 93.7. The second-order valence-electron chi connectivity index (χ2n) is 19.5. The molecule has 1 unspecified atom stereocenters. The molecule has 0 saturated carbocycles. The van der Waals surface area contributed by atoms with Gasteiger partial charge in [-0.05, 0) is 135 Å². The van der Waals surface area contributed by atoms with Crippen LogP contribution in [0, 0.1) is 0 Å². The summed E-state index contributed by atoms with van der Waals surface area (Å²) in [4.78, 5) is 38.1. The zero-order valence-electron chi connectivity index (χ0n) is 49.1. The number of carbonyl (C=O) groups excluding carboxylic acids is 3. The molecule has 0 amide bonds. The fraction of sp³-hybridized carbons (Fsp3) is 0.563. The smallest absolute Gasteiger partial charge is 0.306 e. The van der Waals surface area contributed by atoms with Crippen LogP contribution in [0.15, 0.2) is 170 Å². The third-order valence-corrected chi connectivity index (χ3v) is 12.2. The molecule has 0 aromatic carbocycles. The van der Waals surface area contributed by atoms with E-state index in [2.05, 4.69) is 191 Å². The molecule has 0 fully saturated rings. The Labute approximate surface area is 472 Å². The lowest BCUT2D eigenvalue weighted by Gasteiger charge is -2.18. The van der Waals surface area contributed by atoms with Crippen LogP contribution in [-0.4, -0.2) is 37.2 Å². The lowest BCUT2D eigenvalue weighted by atomic mass is 10.1. The predicted octanol–water partition coefficient (Wildman–Crippen LogP) is 21.1. The molecule has 6 nitrogen and oxygen atoms in total. The van der Waals surface area contributed by atoms with Gasteiger partial charge in [0.1, 0.15) is 13.2 Å². The molecule has 0 radical (unpaired) electrons. The molecular formula is C71H110O6. The van der Waals surface area contributed by atoms with Crippen molar-refractivity contribution < 1.29 is 28.6 Å². The fourth-order valence-electron chi connectivity index (χ4n) is 7.69. The van der Waals surface area contributed by atoms with Crippen molar-refractivity contribution in [3.63, 3.8) is 0 Å². The lowest BCUT2D eigenvalue weighted by molar-refractivity contribution is -0.167. The maximum Gasteiger partial charge on any atom is 0.306 e. The van der Waals surface area contributed by atoms with Gasteiger partial charge in [0.05, 0.1) is 0 Å². The first-order valence-corrected chi connectivity index (χ1v) is 30.6. The van der Waals surface area contributed by atoms with Crippen LogP contribution >= 0.6 is 0 Å². The van der Waals surface area contributed by atoms with Gasteiger partial charge in [-0.15, -0.1) is 0 Å². The Bertz CT molecular complexity index is 1790. The van der Waals surface area contributed by atoms with Crippen LogP contribution in [0.2, 0.25) is 0 Å². The summed E-state index contributed by atoms with van der Waals surface area (Å²) >= 11 is 0. The van der Waals surface area contributed by atoms with Crippen LogP contribution in [0.3, 0.4) is 0 Å². The van der Waals surface area contributed by atoms with Crippen molar-refractivity contribution in [3.8, 4) is 0 Å². The predicted molar refractivity (Wildman–Crippen MR) is 334 cm³/mol. The summed E-state index contributed by atoms with van der Waals surface area (Å²) < 4.78 is 16.8. The number of esters is 3. The monoisotopic (exact) mass is 1060 g/mol. The third kappa shape index (κ3) is 61.5. The van der Waals surface area contributed by atoms with Gasteiger partial charge >= 0.3 is 17.9 Å². The largest absolute Gasteiger partial charge is 0.462 e. The highest BCUT2D eigenvalue weighted by Crippen LogP contribution is 2.13. The minimum Gasteiger partial charge on any atom is -0.462 e. The van der Waals surface area contributed by atoms with E-state index < -0.39 is 6.10 Å². The van der Waals surface area contributed by atoms with Crippen molar-refractivity contribution in [1.29, 1.82) is 0 Å². The van der Waals surface area contributed by atoms with Gasteiger partial charge in [-0.2, -0.15) is 0 Å². The highest BCUT2D eigenvalue weighted by molar-refractivity contribution is 5.71. The van der Waals surface area contributed by atoms with Crippen molar-refractivity contribution in [2.45, 2.75) is 245 Å². The summed E-state index contributed by atoms with van der Waals surface area (Å²) in [6, 6.07) is 0. The van der Waals surface area contributed by atoms with E-state index in [4.69, 9.17) is 14.2 Å². The molecule has 0 N–H and O–H groups in total. The molecule has 0 saturated heterocycles. The molecule has 0 heterocycles. The normalized spacial score (nSPS) is 13.3. The summed E-state index contributed by atoms with van der Waals surface area (Å²) in [5.41, 5.74) is 0. The van der Waals surface area contributed by atoms with Crippen LogP contribution in [0.1, 0.15) is 239 Å². The number of hydrogen-bond donors (Lipinski definition) is 0. The first-order chi connectivity index (χ1) is 38.0. The standard InChI is InChI=1S/C71H110O6/c1-4-7-10-13-16-19-21-23-25-27-28-29-30-31-32-33-34-35-36-37-38-39-40-41-42-44-45-47-49-52-55-58-61-64-70(73)76-67-68(66-75-69(72)63-60-57-54-51-18-15-12-9-6-3)77-71(74)65-62-59-56-53-50-48-46-43-26-24-22-20-17-14-11-8-5-2/h7-8,10-11,16-17,19-20,23-26,28-29,31-32,34-35,37-38,40-41,44-46,48-49,52,68H,4-6,9,12-15,18,21-22,27,30,33,36,39,42-43,47,50-51,53-67H2,1-3H3/b10-7-,11-8-,19-16-,20-17-,25-23-,26-24-,29-28-,32-31-,35-34-,38-37-,41-40-,45-44-,48-46-,52-49-. The first kappa shape index (κ1) is 71.8. The molecule has 0 aliphatic heterocycles. The van der Waals surface area contributed by atoms with Gasteiger partial charge in [0.25, 0.3) is 0 Å². The SMILES string of the molecule is CC/C=C\C/C=C\C/C=C\C/C=C\C/C=C\C/C=C\C/C=C\C/C=C\C/C=C\C/C=C\CCCCC(=O)OCC(COC(=O)CCCCCCCCCCC)OC(=O)CCCCCC/C=C\C/C=C\C/C=C\C/C=C\CC. The van der Waals surface area contributed by atoms with Crippen molar-refractivity contribution in [2.75, 3.05) is 13.2 Å². The van der Waals surface area contributed by atoms with Gasteiger partial charge in [-0.25, -0.2) is 0 Å². The molecule has 77 heavy (non-hydrogen) atoms. The van der Waals surface area contributed by atoms with E-state index in [0.717, 1.165) is 154 Å². The van der Waals surface area contributed by atoms with Gasteiger partial charge in [0, 0.05) is 19.3 Å². The van der Waals surface area contributed by atoms with Crippen molar-refractivity contribution in [1.82, 2.24) is 0 Å². The number of ether oxygens (including phenoxy) is 3. The molecule has 0 aliphatic carbocycles. The Hall–Kier alpha value is -5.23. The second kappa shape index (κ2) is 63.3. The Morgan fingerprint density at radius 2 is 0.506 bits per heavy atom.